The minimum absolute atomic E-state index is 0.655. The van der Waals surface area contributed by atoms with Crippen molar-refractivity contribution in [1.29, 1.82) is 0 Å². The highest BCUT2D eigenvalue weighted by atomic mass is 15.1. The van der Waals surface area contributed by atoms with Crippen molar-refractivity contribution in [1.82, 2.24) is 0 Å². The van der Waals surface area contributed by atoms with E-state index in [9.17, 15) is 0 Å². The van der Waals surface area contributed by atoms with Gasteiger partial charge in [-0.15, -0.1) is 0 Å². The van der Waals surface area contributed by atoms with Crippen molar-refractivity contribution in [3.05, 3.63) is 23.8 Å². The van der Waals surface area contributed by atoms with Crippen molar-refractivity contribution < 1.29 is 0 Å². The molecule has 1 saturated carbocycles. The first kappa shape index (κ1) is 12.3. The molecule has 0 aromatic heterocycles. The third-order valence-corrected chi connectivity index (χ3v) is 4.02. The third kappa shape index (κ3) is 2.74. The molecule has 17 heavy (non-hydrogen) atoms. The number of anilines is 2. The van der Waals surface area contributed by atoms with Gasteiger partial charge in [-0.1, -0.05) is 25.8 Å². The molecule has 0 spiro atoms. The second kappa shape index (κ2) is 4.99. The van der Waals surface area contributed by atoms with E-state index in [1.807, 2.05) is 6.07 Å². The molecular weight excluding hydrogens is 208 g/mol. The maximum atomic E-state index is 6.09. The Morgan fingerprint density at radius 2 is 2.06 bits per heavy atom. The summed E-state index contributed by atoms with van der Waals surface area (Å²) in [5.41, 5.74) is 9.47. The molecule has 2 nitrogen and oxygen atoms in total. The van der Waals surface area contributed by atoms with E-state index < -0.39 is 0 Å². The Morgan fingerprint density at radius 1 is 1.29 bits per heavy atom. The van der Waals surface area contributed by atoms with Crippen molar-refractivity contribution in [2.24, 2.45) is 5.92 Å². The van der Waals surface area contributed by atoms with Crippen molar-refractivity contribution in [3.63, 3.8) is 0 Å². The van der Waals surface area contributed by atoms with E-state index in [0.29, 0.717) is 6.04 Å². The lowest BCUT2D eigenvalue weighted by molar-refractivity contribution is 0.336. The minimum atomic E-state index is 0.655. The van der Waals surface area contributed by atoms with Gasteiger partial charge in [0.1, 0.15) is 0 Å². The maximum absolute atomic E-state index is 6.09. The quantitative estimate of drug-likeness (QED) is 0.790. The van der Waals surface area contributed by atoms with Crippen molar-refractivity contribution in [3.8, 4) is 0 Å². The highest BCUT2D eigenvalue weighted by molar-refractivity contribution is 5.68. The molecule has 2 atom stereocenters. The summed E-state index contributed by atoms with van der Waals surface area (Å²) >= 11 is 0. The summed E-state index contributed by atoms with van der Waals surface area (Å²) < 4.78 is 0. The van der Waals surface area contributed by atoms with Crippen LogP contribution in [-0.2, 0) is 0 Å². The predicted octanol–water partition coefficient (Wildman–Crippen LogP) is 3.59. The van der Waals surface area contributed by atoms with E-state index in [-0.39, 0.29) is 0 Å². The van der Waals surface area contributed by atoms with E-state index >= 15 is 0 Å². The van der Waals surface area contributed by atoms with Crippen LogP contribution in [0.15, 0.2) is 18.2 Å². The Labute approximate surface area is 105 Å². The molecule has 0 heterocycles. The number of nitrogen functional groups attached to an aromatic ring is 1. The number of benzene rings is 1. The molecule has 0 aliphatic heterocycles. The number of nitrogens with two attached hydrogens (primary N) is 1. The van der Waals surface area contributed by atoms with Gasteiger partial charge in [0.25, 0.3) is 0 Å². The normalized spacial score (nSPS) is 24.6. The molecule has 1 aromatic rings. The van der Waals surface area contributed by atoms with Crippen LogP contribution in [0.25, 0.3) is 0 Å². The number of hydrogen-bond acceptors (Lipinski definition) is 2. The Morgan fingerprint density at radius 3 is 2.76 bits per heavy atom. The van der Waals surface area contributed by atoms with E-state index in [2.05, 4.69) is 37.9 Å². The molecule has 0 amide bonds. The largest absolute Gasteiger partial charge is 0.397 e. The summed E-state index contributed by atoms with van der Waals surface area (Å²) in [4.78, 5) is 2.39. The molecule has 1 aliphatic carbocycles. The first-order chi connectivity index (χ1) is 8.08. The predicted molar refractivity (Wildman–Crippen MR) is 75.4 cm³/mol. The van der Waals surface area contributed by atoms with Gasteiger partial charge >= 0.3 is 0 Å². The van der Waals surface area contributed by atoms with Crippen LogP contribution >= 0.6 is 0 Å². The van der Waals surface area contributed by atoms with Crippen molar-refractivity contribution in [2.45, 2.75) is 45.6 Å². The van der Waals surface area contributed by atoms with Gasteiger partial charge in [0.2, 0.25) is 0 Å². The van der Waals surface area contributed by atoms with E-state index in [1.165, 1.54) is 36.9 Å². The third-order valence-electron chi connectivity index (χ3n) is 4.02. The van der Waals surface area contributed by atoms with Crippen LogP contribution in [0.2, 0.25) is 0 Å². The van der Waals surface area contributed by atoms with Crippen LogP contribution in [0.4, 0.5) is 11.4 Å². The highest BCUT2D eigenvalue weighted by Crippen LogP contribution is 2.32. The summed E-state index contributed by atoms with van der Waals surface area (Å²) in [6.45, 7) is 4.49. The lowest BCUT2D eigenvalue weighted by Crippen LogP contribution is -2.36. The smallest absolute Gasteiger partial charge is 0.0602 e. The van der Waals surface area contributed by atoms with E-state index in [1.54, 1.807) is 0 Å². The summed E-state index contributed by atoms with van der Waals surface area (Å²) in [6, 6.07) is 6.96. The lowest BCUT2D eigenvalue weighted by atomic mass is 9.86. The monoisotopic (exact) mass is 232 g/mol. The number of hydrogen-bond donors (Lipinski definition) is 1. The molecule has 1 fully saturated rings. The molecule has 0 radical (unpaired) electrons. The molecule has 2 unspecified atom stereocenters. The van der Waals surface area contributed by atoms with Crippen LogP contribution in [0, 0.1) is 12.8 Å². The Hall–Kier alpha value is -1.18. The summed E-state index contributed by atoms with van der Waals surface area (Å²) in [5, 5.41) is 0. The second-order valence-electron chi connectivity index (χ2n) is 5.60. The van der Waals surface area contributed by atoms with Crippen LogP contribution in [0.3, 0.4) is 0 Å². The van der Waals surface area contributed by atoms with Gasteiger partial charge in [-0.25, -0.2) is 0 Å². The molecule has 94 valence electrons. The number of rotatable bonds is 2. The zero-order valence-electron chi connectivity index (χ0n) is 11.2. The second-order valence-corrected chi connectivity index (χ2v) is 5.60. The Balaban J connectivity index is 2.18. The number of nitrogens with zero attached hydrogens (tertiary/aromatic N) is 1. The molecule has 2 heteroatoms. The van der Waals surface area contributed by atoms with Gasteiger partial charge < -0.3 is 10.6 Å². The molecule has 2 rings (SSSR count). The lowest BCUT2D eigenvalue weighted by Gasteiger charge is -2.36. The molecule has 0 bridgehead atoms. The fraction of sp³-hybridized carbons (Fsp3) is 0.600. The van der Waals surface area contributed by atoms with Crippen LogP contribution in [0.5, 0.6) is 0 Å². The maximum Gasteiger partial charge on any atom is 0.0602 e. The van der Waals surface area contributed by atoms with E-state index in [4.69, 9.17) is 5.73 Å². The average Bonchev–Trinajstić information content (AvgIpc) is 2.31. The zero-order chi connectivity index (χ0) is 12.4. The number of aryl methyl sites for hydroxylation is 1. The topological polar surface area (TPSA) is 29.3 Å². The fourth-order valence-corrected chi connectivity index (χ4v) is 2.91. The van der Waals surface area contributed by atoms with Crippen molar-refractivity contribution in [2.75, 3.05) is 17.7 Å². The van der Waals surface area contributed by atoms with Crippen LogP contribution in [0.1, 0.15) is 38.2 Å². The van der Waals surface area contributed by atoms with Crippen molar-refractivity contribution >= 4 is 11.4 Å². The van der Waals surface area contributed by atoms with Gasteiger partial charge in [-0.05, 0) is 43.4 Å². The first-order valence-corrected chi connectivity index (χ1v) is 6.67. The fourth-order valence-electron chi connectivity index (χ4n) is 2.91. The van der Waals surface area contributed by atoms with E-state index in [0.717, 1.165) is 11.6 Å². The zero-order valence-corrected chi connectivity index (χ0v) is 11.2. The SMILES string of the molecule is Cc1ccc(N)c(N(C)C2CCCC(C)C2)c1. The average molecular weight is 232 g/mol. The summed E-state index contributed by atoms with van der Waals surface area (Å²) in [5.74, 6) is 0.849. The van der Waals surface area contributed by atoms with Gasteiger partial charge in [-0.2, -0.15) is 0 Å². The molecule has 2 N–H and O–H groups in total. The van der Waals surface area contributed by atoms with Crippen LogP contribution < -0.4 is 10.6 Å². The summed E-state index contributed by atoms with van der Waals surface area (Å²) in [6.07, 6.45) is 5.33. The van der Waals surface area contributed by atoms with Gasteiger partial charge in [0, 0.05) is 13.1 Å². The molecule has 0 saturated heterocycles. The van der Waals surface area contributed by atoms with Crippen LogP contribution in [-0.4, -0.2) is 13.1 Å². The standard InChI is InChI=1S/C15H24N2/c1-11-5-4-6-13(9-11)17(3)15-10-12(2)7-8-14(15)16/h7-8,10-11,13H,4-6,9,16H2,1-3H3. The molecule has 1 aromatic carbocycles. The highest BCUT2D eigenvalue weighted by Gasteiger charge is 2.23. The Bertz CT molecular complexity index is 387. The first-order valence-electron chi connectivity index (χ1n) is 6.67. The van der Waals surface area contributed by atoms with Gasteiger partial charge in [-0.3, -0.25) is 0 Å². The van der Waals surface area contributed by atoms with Gasteiger partial charge in [0.05, 0.1) is 11.4 Å². The van der Waals surface area contributed by atoms with Gasteiger partial charge in [0.15, 0.2) is 0 Å². The molecule has 1 aliphatic rings. The Kier molecular flexibility index (Phi) is 3.60. The molecular formula is C15H24N2. The summed E-state index contributed by atoms with van der Waals surface area (Å²) in [7, 11) is 2.19. The minimum Gasteiger partial charge on any atom is -0.397 e.